The van der Waals surface area contributed by atoms with Gasteiger partial charge < -0.3 is 10.1 Å². The average Bonchev–Trinajstić information content (AvgIpc) is 2.88. The Labute approximate surface area is 137 Å². The number of carbonyl (C=O) groups excluding carboxylic acids is 1. The standard InChI is InChI=1S/C13H16N4O4S2/c1-8(2)21-11-6-4-10(5-7-11)17-23(19,20)13-16-15-12(22-13)14-9(3)18/h4-8,17H,1-3H3,(H,14,15,18). The van der Waals surface area contributed by atoms with Gasteiger partial charge in [0.05, 0.1) is 6.10 Å². The van der Waals surface area contributed by atoms with Crippen LogP contribution in [0.5, 0.6) is 5.75 Å². The number of nitrogens with zero attached hydrogens (tertiary/aromatic N) is 2. The molecule has 23 heavy (non-hydrogen) atoms. The van der Waals surface area contributed by atoms with Gasteiger partial charge in [-0.3, -0.25) is 9.52 Å². The minimum Gasteiger partial charge on any atom is -0.491 e. The minimum absolute atomic E-state index is 0.0335. The first-order valence-corrected chi connectivity index (χ1v) is 8.97. The third kappa shape index (κ3) is 4.89. The van der Waals surface area contributed by atoms with E-state index in [1.165, 1.54) is 6.92 Å². The van der Waals surface area contributed by atoms with Crippen molar-refractivity contribution in [1.29, 1.82) is 0 Å². The summed E-state index contributed by atoms with van der Waals surface area (Å²) in [4.78, 5) is 10.9. The third-order valence-electron chi connectivity index (χ3n) is 2.40. The van der Waals surface area contributed by atoms with Gasteiger partial charge in [-0.2, -0.15) is 8.42 Å². The molecule has 10 heteroatoms. The molecule has 0 aliphatic carbocycles. The zero-order valence-electron chi connectivity index (χ0n) is 12.7. The van der Waals surface area contributed by atoms with E-state index in [1.807, 2.05) is 13.8 Å². The monoisotopic (exact) mass is 356 g/mol. The molecule has 124 valence electrons. The molecule has 8 nitrogen and oxygen atoms in total. The van der Waals surface area contributed by atoms with Crippen LogP contribution in [-0.4, -0.2) is 30.6 Å². The van der Waals surface area contributed by atoms with Crippen molar-refractivity contribution >= 4 is 38.1 Å². The Kier molecular flexibility index (Phi) is 5.16. The van der Waals surface area contributed by atoms with Crippen molar-refractivity contribution in [2.45, 2.75) is 31.2 Å². The highest BCUT2D eigenvalue weighted by Crippen LogP contribution is 2.23. The van der Waals surface area contributed by atoms with E-state index in [0.717, 1.165) is 11.3 Å². The highest BCUT2D eigenvalue weighted by atomic mass is 32.2. The number of amides is 1. The molecule has 0 aliphatic heterocycles. The van der Waals surface area contributed by atoms with E-state index in [1.54, 1.807) is 24.3 Å². The number of aromatic nitrogens is 2. The SMILES string of the molecule is CC(=O)Nc1nnc(S(=O)(=O)Nc2ccc(OC(C)C)cc2)s1. The molecule has 2 rings (SSSR count). The molecule has 0 fully saturated rings. The molecule has 2 aromatic rings. The second-order valence-electron chi connectivity index (χ2n) is 4.85. The van der Waals surface area contributed by atoms with Crippen LogP contribution >= 0.6 is 11.3 Å². The lowest BCUT2D eigenvalue weighted by Crippen LogP contribution is -2.12. The highest BCUT2D eigenvalue weighted by Gasteiger charge is 2.20. The summed E-state index contributed by atoms with van der Waals surface area (Å²) < 4.78 is 32.1. The lowest BCUT2D eigenvalue weighted by Gasteiger charge is -2.10. The van der Waals surface area contributed by atoms with Crippen LogP contribution in [0.2, 0.25) is 0 Å². The van der Waals surface area contributed by atoms with Gasteiger partial charge in [-0.15, -0.1) is 10.2 Å². The number of nitrogens with one attached hydrogen (secondary N) is 2. The Hall–Kier alpha value is -2.20. The number of ether oxygens (including phenoxy) is 1. The zero-order valence-corrected chi connectivity index (χ0v) is 14.4. The molecule has 0 aliphatic rings. The maximum Gasteiger partial charge on any atom is 0.291 e. The first kappa shape index (κ1) is 17.2. The Morgan fingerprint density at radius 3 is 2.43 bits per heavy atom. The summed E-state index contributed by atoms with van der Waals surface area (Å²) >= 11 is 0.770. The van der Waals surface area contributed by atoms with Gasteiger partial charge >= 0.3 is 0 Å². The summed E-state index contributed by atoms with van der Waals surface area (Å²) in [5, 5.41) is 9.69. The lowest BCUT2D eigenvalue weighted by atomic mass is 10.3. The molecular formula is C13H16N4O4S2. The number of hydrogen-bond donors (Lipinski definition) is 2. The summed E-state index contributed by atoms with van der Waals surface area (Å²) in [6.07, 6.45) is 0.0335. The fourth-order valence-corrected chi connectivity index (χ4v) is 3.60. The van der Waals surface area contributed by atoms with Crippen molar-refractivity contribution in [2.24, 2.45) is 0 Å². The van der Waals surface area contributed by atoms with Gasteiger partial charge in [-0.25, -0.2) is 0 Å². The van der Waals surface area contributed by atoms with Crippen molar-refractivity contribution in [3.63, 3.8) is 0 Å². The maximum atomic E-state index is 12.2. The van der Waals surface area contributed by atoms with Crippen molar-refractivity contribution in [3.05, 3.63) is 24.3 Å². The average molecular weight is 356 g/mol. The third-order valence-corrected chi connectivity index (χ3v) is 4.99. The van der Waals surface area contributed by atoms with Crippen molar-refractivity contribution in [3.8, 4) is 5.75 Å². The van der Waals surface area contributed by atoms with Crippen LogP contribution in [0.1, 0.15) is 20.8 Å². The second-order valence-corrected chi connectivity index (χ2v) is 7.68. The fourth-order valence-electron chi connectivity index (χ4n) is 1.59. The molecule has 0 atom stereocenters. The van der Waals surface area contributed by atoms with E-state index in [-0.39, 0.29) is 21.5 Å². The molecular weight excluding hydrogens is 340 g/mol. The molecule has 0 bridgehead atoms. The molecule has 2 N–H and O–H groups in total. The Bertz CT molecular complexity index is 785. The van der Waals surface area contributed by atoms with Gasteiger partial charge in [-0.05, 0) is 38.1 Å². The van der Waals surface area contributed by atoms with Gasteiger partial charge in [0.15, 0.2) is 0 Å². The van der Waals surface area contributed by atoms with Gasteiger partial charge in [-0.1, -0.05) is 11.3 Å². The van der Waals surface area contributed by atoms with Crippen LogP contribution in [0.15, 0.2) is 28.6 Å². The Morgan fingerprint density at radius 1 is 1.22 bits per heavy atom. The van der Waals surface area contributed by atoms with Crippen molar-refractivity contribution in [2.75, 3.05) is 10.0 Å². The number of rotatable bonds is 6. The topological polar surface area (TPSA) is 110 Å². The fraction of sp³-hybridized carbons (Fsp3) is 0.308. The lowest BCUT2D eigenvalue weighted by molar-refractivity contribution is -0.114. The predicted molar refractivity (Wildman–Crippen MR) is 87.2 cm³/mol. The second kappa shape index (κ2) is 6.92. The highest BCUT2D eigenvalue weighted by molar-refractivity contribution is 7.94. The van der Waals surface area contributed by atoms with E-state index >= 15 is 0 Å². The van der Waals surface area contributed by atoms with Crippen LogP contribution in [0, 0.1) is 0 Å². The van der Waals surface area contributed by atoms with Crippen LogP contribution < -0.4 is 14.8 Å². The normalized spacial score (nSPS) is 11.3. The van der Waals surface area contributed by atoms with Crippen LogP contribution in [0.3, 0.4) is 0 Å². The van der Waals surface area contributed by atoms with Crippen molar-refractivity contribution < 1.29 is 17.9 Å². The molecule has 1 aromatic carbocycles. The van der Waals surface area contributed by atoms with Gasteiger partial charge in [0.1, 0.15) is 5.75 Å². The first-order valence-electron chi connectivity index (χ1n) is 6.67. The molecule has 1 heterocycles. The van der Waals surface area contributed by atoms with E-state index in [4.69, 9.17) is 4.74 Å². The van der Waals surface area contributed by atoms with Gasteiger partial charge in [0, 0.05) is 12.6 Å². The number of hydrogen-bond acceptors (Lipinski definition) is 7. The van der Waals surface area contributed by atoms with E-state index in [2.05, 4.69) is 20.2 Å². The molecule has 1 aromatic heterocycles. The van der Waals surface area contributed by atoms with E-state index in [9.17, 15) is 13.2 Å². The molecule has 0 saturated heterocycles. The predicted octanol–water partition coefficient (Wildman–Crippen LogP) is 2.08. The largest absolute Gasteiger partial charge is 0.491 e. The molecule has 0 unspecified atom stereocenters. The Morgan fingerprint density at radius 2 is 1.87 bits per heavy atom. The molecule has 1 amide bonds. The summed E-state index contributed by atoms with van der Waals surface area (Å²) in [6.45, 7) is 5.10. The smallest absolute Gasteiger partial charge is 0.291 e. The maximum absolute atomic E-state index is 12.2. The van der Waals surface area contributed by atoms with Gasteiger partial charge in [0.25, 0.3) is 14.4 Å². The zero-order chi connectivity index (χ0) is 17.0. The molecule has 0 radical (unpaired) electrons. The van der Waals surface area contributed by atoms with Crippen LogP contribution in [0.4, 0.5) is 10.8 Å². The van der Waals surface area contributed by atoms with Crippen molar-refractivity contribution in [1.82, 2.24) is 10.2 Å². The summed E-state index contributed by atoms with van der Waals surface area (Å²) in [6, 6.07) is 6.51. The minimum atomic E-state index is -3.86. The Balaban J connectivity index is 2.11. The van der Waals surface area contributed by atoms with Gasteiger partial charge in [0.2, 0.25) is 11.0 Å². The van der Waals surface area contributed by atoms with Crippen LogP contribution in [-0.2, 0) is 14.8 Å². The van der Waals surface area contributed by atoms with E-state index in [0.29, 0.717) is 11.4 Å². The summed E-state index contributed by atoms with van der Waals surface area (Å²) in [7, 11) is -3.86. The van der Waals surface area contributed by atoms with E-state index < -0.39 is 10.0 Å². The number of carbonyl (C=O) groups is 1. The summed E-state index contributed by atoms with van der Waals surface area (Å²) in [5.74, 6) is 0.297. The number of sulfonamides is 1. The summed E-state index contributed by atoms with van der Waals surface area (Å²) in [5.41, 5.74) is 0.373. The molecule has 0 saturated carbocycles. The first-order chi connectivity index (χ1) is 10.8. The quantitative estimate of drug-likeness (QED) is 0.767. The van der Waals surface area contributed by atoms with Crippen LogP contribution in [0.25, 0.3) is 0 Å². The molecule has 0 spiro atoms. The number of benzene rings is 1. The number of anilines is 2.